The van der Waals surface area contributed by atoms with E-state index in [0.717, 1.165) is 18.5 Å². The Hall–Kier alpha value is -2.63. The standard InChI is InChI=1S/C16H20N4O2/c21-15(12-14-6-2-1-3-7-14)18-13-16(22)17-8-4-10-20-11-5-9-19-20/h1-3,5-7,9,11H,4,8,10,12-13H2,(H,17,22)(H,18,21). The predicted octanol–water partition coefficient (Wildman–Crippen LogP) is 0.748. The van der Waals surface area contributed by atoms with E-state index in [0.29, 0.717) is 6.54 Å². The molecule has 0 atom stereocenters. The molecule has 1 aromatic heterocycles. The summed E-state index contributed by atoms with van der Waals surface area (Å²) in [6, 6.07) is 11.3. The first-order valence-electron chi connectivity index (χ1n) is 7.29. The van der Waals surface area contributed by atoms with Gasteiger partial charge in [-0.15, -0.1) is 0 Å². The molecular formula is C16H20N4O2. The van der Waals surface area contributed by atoms with Crippen LogP contribution in [0.1, 0.15) is 12.0 Å². The zero-order valence-electron chi connectivity index (χ0n) is 12.4. The van der Waals surface area contributed by atoms with Gasteiger partial charge in [0.15, 0.2) is 0 Å². The Morgan fingerprint density at radius 3 is 2.59 bits per heavy atom. The molecule has 2 rings (SSSR count). The van der Waals surface area contributed by atoms with E-state index >= 15 is 0 Å². The number of nitrogens with one attached hydrogen (secondary N) is 2. The Morgan fingerprint density at radius 2 is 1.86 bits per heavy atom. The van der Waals surface area contributed by atoms with Crippen LogP contribution in [-0.4, -0.2) is 34.7 Å². The molecule has 22 heavy (non-hydrogen) atoms. The van der Waals surface area contributed by atoms with E-state index in [4.69, 9.17) is 0 Å². The van der Waals surface area contributed by atoms with Gasteiger partial charge in [-0.25, -0.2) is 0 Å². The molecule has 2 aromatic rings. The summed E-state index contributed by atoms with van der Waals surface area (Å²) in [7, 11) is 0. The van der Waals surface area contributed by atoms with Gasteiger partial charge < -0.3 is 10.6 Å². The highest BCUT2D eigenvalue weighted by molar-refractivity contribution is 5.85. The Bertz CT molecular complexity index is 581. The van der Waals surface area contributed by atoms with Gasteiger partial charge in [0.2, 0.25) is 11.8 Å². The fourth-order valence-electron chi connectivity index (χ4n) is 1.99. The summed E-state index contributed by atoms with van der Waals surface area (Å²) in [5, 5.41) is 9.47. The normalized spacial score (nSPS) is 10.2. The van der Waals surface area contributed by atoms with E-state index < -0.39 is 0 Å². The van der Waals surface area contributed by atoms with Crippen molar-refractivity contribution < 1.29 is 9.59 Å². The van der Waals surface area contributed by atoms with Crippen molar-refractivity contribution in [1.29, 1.82) is 0 Å². The van der Waals surface area contributed by atoms with Crippen molar-refractivity contribution in [2.24, 2.45) is 0 Å². The van der Waals surface area contributed by atoms with Crippen LogP contribution < -0.4 is 10.6 Å². The molecule has 0 aliphatic rings. The van der Waals surface area contributed by atoms with Crippen LogP contribution >= 0.6 is 0 Å². The summed E-state index contributed by atoms with van der Waals surface area (Å²) < 4.78 is 1.81. The lowest BCUT2D eigenvalue weighted by molar-refractivity contribution is -0.125. The molecule has 2 amide bonds. The summed E-state index contributed by atoms with van der Waals surface area (Å²) in [4.78, 5) is 23.3. The maximum absolute atomic E-state index is 11.7. The van der Waals surface area contributed by atoms with Gasteiger partial charge in [-0.05, 0) is 18.1 Å². The molecule has 6 heteroatoms. The molecule has 0 unspecified atom stereocenters. The van der Waals surface area contributed by atoms with Crippen LogP contribution in [-0.2, 0) is 22.6 Å². The third kappa shape index (κ3) is 5.78. The minimum atomic E-state index is -0.179. The summed E-state index contributed by atoms with van der Waals surface area (Å²) in [5.74, 6) is -0.334. The van der Waals surface area contributed by atoms with Gasteiger partial charge in [0.1, 0.15) is 0 Å². The first-order valence-corrected chi connectivity index (χ1v) is 7.29. The number of carbonyl (C=O) groups excluding carboxylic acids is 2. The SMILES string of the molecule is O=C(CNC(=O)Cc1ccccc1)NCCCn1cccn1. The van der Waals surface area contributed by atoms with Crippen molar-refractivity contribution in [1.82, 2.24) is 20.4 Å². The Labute approximate surface area is 129 Å². The molecular weight excluding hydrogens is 280 g/mol. The summed E-state index contributed by atoms with van der Waals surface area (Å²) in [6.07, 6.45) is 4.69. The van der Waals surface area contributed by atoms with E-state index in [2.05, 4.69) is 15.7 Å². The quantitative estimate of drug-likeness (QED) is 0.706. The van der Waals surface area contributed by atoms with Crippen molar-refractivity contribution in [3.63, 3.8) is 0 Å². The topological polar surface area (TPSA) is 76.0 Å². The Balaban J connectivity index is 1.56. The van der Waals surface area contributed by atoms with Gasteiger partial charge in [-0.1, -0.05) is 30.3 Å². The molecule has 6 nitrogen and oxygen atoms in total. The first-order chi connectivity index (χ1) is 10.7. The largest absolute Gasteiger partial charge is 0.355 e. The van der Waals surface area contributed by atoms with Gasteiger partial charge >= 0.3 is 0 Å². The number of aromatic nitrogens is 2. The summed E-state index contributed by atoms with van der Waals surface area (Å²) in [5.41, 5.74) is 0.930. The number of hydrogen-bond acceptors (Lipinski definition) is 3. The maximum Gasteiger partial charge on any atom is 0.239 e. The molecule has 0 fully saturated rings. The fourth-order valence-corrected chi connectivity index (χ4v) is 1.99. The van der Waals surface area contributed by atoms with Crippen molar-refractivity contribution in [2.45, 2.75) is 19.4 Å². The zero-order valence-corrected chi connectivity index (χ0v) is 12.4. The minimum absolute atomic E-state index is 0.00738. The Morgan fingerprint density at radius 1 is 1.05 bits per heavy atom. The number of aryl methyl sites for hydroxylation is 1. The second-order valence-corrected chi connectivity index (χ2v) is 4.91. The Kier molecular flexibility index (Phi) is 6.17. The summed E-state index contributed by atoms with van der Waals surface area (Å²) >= 11 is 0. The number of amides is 2. The van der Waals surface area contributed by atoms with Crippen LogP contribution in [0.3, 0.4) is 0 Å². The summed E-state index contributed by atoms with van der Waals surface area (Å²) in [6.45, 7) is 1.33. The molecule has 116 valence electrons. The van der Waals surface area contributed by atoms with E-state index in [1.807, 2.05) is 47.3 Å². The fraction of sp³-hybridized carbons (Fsp3) is 0.312. The van der Waals surface area contributed by atoms with Crippen molar-refractivity contribution >= 4 is 11.8 Å². The van der Waals surface area contributed by atoms with E-state index in [-0.39, 0.29) is 24.8 Å². The van der Waals surface area contributed by atoms with Crippen LogP contribution in [0.2, 0.25) is 0 Å². The lowest BCUT2D eigenvalue weighted by Crippen LogP contribution is -2.38. The van der Waals surface area contributed by atoms with E-state index in [9.17, 15) is 9.59 Å². The van der Waals surface area contributed by atoms with Crippen molar-refractivity contribution in [3.05, 3.63) is 54.4 Å². The highest BCUT2D eigenvalue weighted by Crippen LogP contribution is 1.98. The van der Waals surface area contributed by atoms with E-state index in [1.54, 1.807) is 6.20 Å². The molecule has 0 aliphatic carbocycles. The number of nitrogens with zero attached hydrogens (tertiary/aromatic N) is 2. The molecule has 0 radical (unpaired) electrons. The minimum Gasteiger partial charge on any atom is -0.355 e. The highest BCUT2D eigenvalue weighted by atomic mass is 16.2. The average Bonchev–Trinajstić information content (AvgIpc) is 3.04. The number of rotatable bonds is 8. The van der Waals surface area contributed by atoms with Crippen molar-refractivity contribution in [2.75, 3.05) is 13.1 Å². The zero-order chi connectivity index (χ0) is 15.6. The molecule has 1 heterocycles. The van der Waals surface area contributed by atoms with E-state index in [1.165, 1.54) is 0 Å². The number of benzene rings is 1. The van der Waals surface area contributed by atoms with Crippen molar-refractivity contribution in [3.8, 4) is 0 Å². The van der Waals surface area contributed by atoms with Crippen LogP contribution in [0, 0.1) is 0 Å². The smallest absolute Gasteiger partial charge is 0.239 e. The number of hydrogen-bond donors (Lipinski definition) is 2. The molecule has 0 spiro atoms. The second-order valence-electron chi connectivity index (χ2n) is 4.91. The van der Waals surface area contributed by atoms with Crippen LogP contribution in [0.25, 0.3) is 0 Å². The highest BCUT2D eigenvalue weighted by Gasteiger charge is 2.05. The second kappa shape index (κ2) is 8.61. The molecule has 2 N–H and O–H groups in total. The monoisotopic (exact) mass is 300 g/mol. The molecule has 0 saturated carbocycles. The average molecular weight is 300 g/mol. The van der Waals surface area contributed by atoms with Gasteiger partial charge in [0, 0.05) is 25.5 Å². The lowest BCUT2D eigenvalue weighted by atomic mass is 10.1. The molecule has 0 bridgehead atoms. The van der Waals surface area contributed by atoms with Gasteiger partial charge in [0.05, 0.1) is 13.0 Å². The van der Waals surface area contributed by atoms with Crippen LogP contribution in [0.15, 0.2) is 48.8 Å². The van der Waals surface area contributed by atoms with Gasteiger partial charge in [0.25, 0.3) is 0 Å². The third-order valence-corrected chi connectivity index (χ3v) is 3.10. The van der Waals surface area contributed by atoms with Gasteiger partial charge in [-0.2, -0.15) is 5.10 Å². The number of carbonyl (C=O) groups is 2. The lowest BCUT2D eigenvalue weighted by Gasteiger charge is -2.07. The predicted molar refractivity (Wildman–Crippen MR) is 83.0 cm³/mol. The third-order valence-electron chi connectivity index (χ3n) is 3.10. The first kappa shape index (κ1) is 15.8. The molecule has 0 aliphatic heterocycles. The van der Waals surface area contributed by atoms with Gasteiger partial charge in [-0.3, -0.25) is 14.3 Å². The molecule has 1 aromatic carbocycles. The van der Waals surface area contributed by atoms with Crippen LogP contribution in [0.5, 0.6) is 0 Å². The van der Waals surface area contributed by atoms with Crippen LogP contribution in [0.4, 0.5) is 0 Å². The maximum atomic E-state index is 11.7. The molecule has 0 saturated heterocycles.